The van der Waals surface area contributed by atoms with Gasteiger partial charge in [-0.1, -0.05) is 6.07 Å². The first-order chi connectivity index (χ1) is 8.83. The Balaban J connectivity index is 1.92. The smallest absolute Gasteiger partial charge is 0.134 e. The van der Waals surface area contributed by atoms with Gasteiger partial charge >= 0.3 is 0 Å². The summed E-state index contributed by atoms with van der Waals surface area (Å²) < 4.78 is 13.3. The lowest BCUT2D eigenvalue weighted by atomic mass is 10.1. The van der Waals surface area contributed by atoms with Gasteiger partial charge in [-0.25, -0.2) is 9.37 Å². The molecule has 1 aliphatic heterocycles. The van der Waals surface area contributed by atoms with Crippen molar-refractivity contribution in [2.24, 2.45) is 0 Å². The van der Waals surface area contributed by atoms with E-state index in [-0.39, 0.29) is 5.82 Å². The minimum Gasteiger partial charge on any atom is -0.366 e. The first-order valence-corrected chi connectivity index (χ1v) is 6.34. The molecule has 18 heavy (non-hydrogen) atoms. The van der Waals surface area contributed by atoms with Crippen LogP contribution in [0.4, 0.5) is 10.2 Å². The van der Waals surface area contributed by atoms with E-state index in [1.54, 1.807) is 18.3 Å². The van der Waals surface area contributed by atoms with Gasteiger partial charge in [0.05, 0.1) is 0 Å². The average molecular weight is 245 g/mol. The topological polar surface area (TPSA) is 37.0 Å². The largest absolute Gasteiger partial charge is 0.366 e. The van der Waals surface area contributed by atoms with Crippen LogP contribution in [0.15, 0.2) is 30.5 Å². The Bertz CT molecular complexity index is 550. The molecule has 1 saturated heterocycles. The summed E-state index contributed by atoms with van der Waals surface area (Å²) in [5.74, 6) is 0.556. The van der Waals surface area contributed by atoms with E-state index < -0.39 is 0 Å². The van der Waals surface area contributed by atoms with Crippen LogP contribution in [-0.2, 0) is 0 Å². The van der Waals surface area contributed by atoms with Gasteiger partial charge in [-0.15, -0.1) is 0 Å². The molecule has 1 atom stereocenters. The maximum Gasteiger partial charge on any atom is 0.134 e. The molecule has 0 aliphatic carbocycles. The number of halogens is 1. The molecule has 2 N–H and O–H groups in total. The van der Waals surface area contributed by atoms with Crippen LogP contribution in [0.5, 0.6) is 0 Å². The number of nitrogens with one attached hydrogen (secondary N) is 2. The lowest BCUT2D eigenvalue weighted by molar-refractivity contribution is 0.479. The number of hydrogen-bond donors (Lipinski definition) is 2. The summed E-state index contributed by atoms with van der Waals surface area (Å²) in [4.78, 5) is 4.34. The van der Waals surface area contributed by atoms with Gasteiger partial charge in [0.25, 0.3) is 0 Å². The van der Waals surface area contributed by atoms with E-state index in [4.69, 9.17) is 0 Å². The van der Waals surface area contributed by atoms with Crippen molar-refractivity contribution in [3.8, 4) is 0 Å². The highest BCUT2D eigenvalue weighted by Crippen LogP contribution is 2.23. The molecule has 0 saturated carbocycles. The first-order valence-electron chi connectivity index (χ1n) is 6.34. The van der Waals surface area contributed by atoms with Gasteiger partial charge in [-0.3, -0.25) is 0 Å². The molecule has 1 aromatic heterocycles. The zero-order valence-electron chi connectivity index (χ0n) is 10.1. The molecule has 0 amide bonds. The maximum absolute atomic E-state index is 13.3. The Hall–Kier alpha value is -1.68. The van der Waals surface area contributed by atoms with Crippen molar-refractivity contribution in [1.29, 1.82) is 0 Å². The normalized spacial score (nSPS) is 19.9. The van der Waals surface area contributed by atoms with Crippen LogP contribution in [0.25, 0.3) is 10.8 Å². The van der Waals surface area contributed by atoms with Crippen molar-refractivity contribution in [2.75, 3.05) is 18.4 Å². The number of fused-ring (bicyclic) bond motifs is 1. The van der Waals surface area contributed by atoms with Crippen LogP contribution in [0, 0.1) is 5.82 Å². The summed E-state index contributed by atoms with van der Waals surface area (Å²) in [5, 5.41) is 8.62. The summed E-state index contributed by atoms with van der Waals surface area (Å²) in [5.41, 5.74) is 0. The fourth-order valence-corrected chi connectivity index (χ4v) is 2.42. The highest BCUT2D eigenvalue weighted by atomic mass is 19.1. The van der Waals surface area contributed by atoms with E-state index >= 15 is 0 Å². The zero-order valence-corrected chi connectivity index (χ0v) is 10.1. The molecule has 3 rings (SSSR count). The number of piperidine rings is 1. The van der Waals surface area contributed by atoms with E-state index in [1.807, 2.05) is 6.07 Å². The second kappa shape index (κ2) is 4.90. The van der Waals surface area contributed by atoms with Gasteiger partial charge in [0.15, 0.2) is 0 Å². The molecule has 2 heterocycles. The van der Waals surface area contributed by atoms with Gasteiger partial charge in [-0.2, -0.15) is 0 Å². The van der Waals surface area contributed by atoms with E-state index in [9.17, 15) is 4.39 Å². The second-order valence-corrected chi connectivity index (χ2v) is 4.71. The molecule has 94 valence electrons. The summed E-state index contributed by atoms with van der Waals surface area (Å²) in [6.07, 6.45) is 4.05. The number of benzene rings is 1. The van der Waals surface area contributed by atoms with Crippen molar-refractivity contribution in [3.05, 3.63) is 36.3 Å². The summed E-state index contributed by atoms with van der Waals surface area (Å²) in [6.45, 7) is 2.02. The lowest BCUT2D eigenvalue weighted by Crippen LogP contribution is -2.38. The molecule has 3 nitrogen and oxygen atoms in total. The van der Waals surface area contributed by atoms with E-state index in [2.05, 4.69) is 15.6 Å². The Morgan fingerprint density at radius 3 is 3.11 bits per heavy atom. The summed E-state index contributed by atoms with van der Waals surface area (Å²) >= 11 is 0. The zero-order chi connectivity index (χ0) is 12.4. The van der Waals surface area contributed by atoms with E-state index in [1.165, 1.54) is 6.07 Å². The van der Waals surface area contributed by atoms with Gasteiger partial charge in [0.1, 0.15) is 11.6 Å². The van der Waals surface area contributed by atoms with Crippen LogP contribution in [0.3, 0.4) is 0 Å². The summed E-state index contributed by atoms with van der Waals surface area (Å²) in [6, 6.07) is 7.09. The fourth-order valence-electron chi connectivity index (χ4n) is 2.42. The maximum atomic E-state index is 13.3. The van der Waals surface area contributed by atoms with Crippen LogP contribution < -0.4 is 10.6 Å². The van der Waals surface area contributed by atoms with Crippen LogP contribution in [-0.4, -0.2) is 24.1 Å². The number of rotatable bonds is 2. The molecule has 0 spiro atoms. The van der Waals surface area contributed by atoms with Gasteiger partial charge < -0.3 is 10.6 Å². The number of hydrogen-bond acceptors (Lipinski definition) is 3. The Morgan fingerprint density at radius 1 is 1.33 bits per heavy atom. The molecule has 4 heteroatoms. The van der Waals surface area contributed by atoms with Crippen molar-refractivity contribution in [1.82, 2.24) is 10.3 Å². The number of aromatic nitrogens is 1. The predicted molar refractivity (Wildman–Crippen MR) is 71.2 cm³/mol. The third kappa shape index (κ3) is 2.29. The fraction of sp³-hybridized carbons (Fsp3) is 0.357. The molecule has 1 unspecified atom stereocenters. The molecule has 0 radical (unpaired) electrons. The van der Waals surface area contributed by atoms with Crippen molar-refractivity contribution in [2.45, 2.75) is 18.9 Å². The minimum atomic E-state index is -0.222. The second-order valence-electron chi connectivity index (χ2n) is 4.71. The van der Waals surface area contributed by atoms with Gasteiger partial charge in [0.2, 0.25) is 0 Å². The standard InChI is InChI=1S/C14H16FN3/c15-11-4-3-10-5-7-17-14(13(10)8-11)18-12-2-1-6-16-9-12/h3-5,7-8,12,16H,1-2,6,9H2,(H,17,18). The van der Waals surface area contributed by atoms with Crippen molar-refractivity contribution in [3.63, 3.8) is 0 Å². The molecule has 2 aromatic rings. The van der Waals surface area contributed by atoms with Gasteiger partial charge in [-0.05, 0) is 43.0 Å². The third-order valence-electron chi connectivity index (χ3n) is 3.37. The monoisotopic (exact) mass is 245 g/mol. The predicted octanol–water partition coefficient (Wildman–Crippen LogP) is 2.54. The first kappa shape index (κ1) is 11.4. The van der Waals surface area contributed by atoms with Crippen LogP contribution >= 0.6 is 0 Å². The SMILES string of the molecule is Fc1ccc2ccnc(NC3CCCNC3)c2c1. The molecule has 1 fully saturated rings. The molecular weight excluding hydrogens is 229 g/mol. The number of anilines is 1. The Labute approximate surface area is 105 Å². The molecule has 1 aromatic carbocycles. The highest BCUT2D eigenvalue weighted by molar-refractivity contribution is 5.91. The van der Waals surface area contributed by atoms with Crippen molar-refractivity contribution < 1.29 is 4.39 Å². The molecule has 0 bridgehead atoms. The third-order valence-corrected chi connectivity index (χ3v) is 3.37. The Kier molecular flexibility index (Phi) is 3.11. The van der Waals surface area contributed by atoms with E-state index in [0.29, 0.717) is 6.04 Å². The molecule has 1 aliphatic rings. The van der Waals surface area contributed by atoms with Gasteiger partial charge in [0, 0.05) is 24.2 Å². The van der Waals surface area contributed by atoms with E-state index in [0.717, 1.165) is 42.5 Å². The van der Waals surface area contributed by atoms with Crippen LogP contribution in [0.1, 0.15) is 12.8 Å². The lowest BCUT2D eigenvalue weighted by Gasteiger charge is -2.24. The highest BCUT2D eigenvalue weighted by Gasteiger charge is 2.14. The summed E-state index contributed by atoms with van der Waals surface area (Å²) in [7, 11) is 0. The average Bonchev–Trinajstić information content (AvgIpc) is 2.41. The quantitative estimate of drug-likeness (QED) is 0.853. The number of pyridine rings is 1. The van der Waals surface area contributed by atoms with Crippen LogP contribution in [0.2, 0.25) is 0 Å². The Morgan fingerprint density at radius 2 is 2.28 bits per heavy atom. The minimum absolute atomic E-state index is 0.222. The number of nitrogens with zero attached hydrogens (tertiary/aromatic N) is 1. The molecular formula is C14H16FN3. The van der Waals surface area contributed by atoms with Crippen molar-refractivity contribution >= 4 is 16.6 Å².